The van der Waals surface area contributed by atoms with E-state index in [0.717, 1.165) is 18.0 Å². The molecular formula is C15H28N2S. The summed E-state index contributed by atoms with van der Waals surface area (Å²) in [6.07, 6.45) is 5.72. The normalized spacial score (nSPS) is 37.0. The van der Waals surface area contributed by atoms with Crippen LogP contribution in [0.1, 0.15) is 39.5 Å². The van der Waals surface area contributed by atoms with Crippen LogP contribution in [0.4, 0.5) is 0 Å². The zero-order valence-electron chi connectivity index (χ0n) is 12.0. The molecule has 3 rings (SSSR count). The van der Waals surface area contributed by atoms with Crippen molar-refractivity contribution >= 4 is 11.8 Å². The van der Waals surface area contributed by atoms with Crippen molar-refractivity contribution in [2.24, 2.45) is 11.3 Å². The molecule has 3 heteroatoms. The molecule has 3 aliphatic rings. The fraction of sp³-hybridized carbons (Fsp3) is 1.00. The van der Waals surface area contributed by atoms with Gasteiger partial charge in [-0.05, 0) is 55.9 Å². The third kappa shape index (κ3) is 3.43. The van der Waals surface area contributed by atoms with E-state index in [1.54, 1.807) is 0 Å². The first-order chi connectivity index (χ1) is 8.62. The Morgan fingerprint density at radius 3 is 2.83 bits per heavy atom. The topological polar surface area (TPSA) is 15.3 Å². The van der Waals surface area contributed by atoms with Crippen LogP contribution in [-0.4, -0.2) is 48.1 Å². The number of rotatable bonds is 4. The van der Waals surface area contributed by atoms with Gasteiger partial charge in [-0.1, -0.05) is 13.8 Å². The van der Waals surface area contributed by atoms with Gasteiger partial charge in [0.15, 0.2) is 0 Å². The van der Waals surface area contributed by atoms with Gasteiger partial charge in [0.1, 0.15) is 0 Å². The van der Waals surface area contributed by atoms with Crippen LogP contribution in [0.5, 0.6) is 0 Å². The van der Waals surface area contributed by atoms with E-state index in [2.05, 4.69) is 35.8 Å². The molecule has 0 aromatic rings. The molecule has 3 fully saturated rings. The quantitative estimate of drug-likeness (QED) is 0.844. The van der Waals surface area contributed by atoms with Gasteiger partial charge in [-0.2, -0.15) is 11.8 Å². The van der Waals surface area contributed by atoms with E-state index in [9.17, 15) is 0 Å². The highest BCUT2D eigenvalue weighted by atomic mass is 32.2. The van der Waals surface area contributed by atoms with E-state index >= 15 is 0 Å². The van der Waals surface area contributed by atoms with Crippen molar-refractivity contribution in [2.45, 2.75) is 51.6 Å². The Kier molecular flexibility index (Phi) is 3.93. The average Bonchev–Trinajstić information content (AvgIpc) is 3.05. The summed E-state index contributed by atoms with van der Waals surface area (Å²) < 4.78 is 0. The van der Waals surface area contributed by atoms with E-state index < -0.39 is 0 Å². The Hall–Kier alpha value is 0.270. The second-order valence-corrected chi connectivity index (χ2v) is 8.40. The van der Waals surface area contributed by atoms with Gasteiger partial charge in [0.05, 0.1) is 0 Å². The molecule has 2 unspecified atom stereocenters. The molecular weight excluding hydrogens is 240 g/mol. The molecule has 0 aromatic heterocycles. The lowest BCUT2D eigenvalue weighted by atomic mass is 9.87. The molecule has 104 valence electrons. The van der Waals surface area contributed by atoms with Gasteiger partial charge in [0.25, 0.3) is 0 Å². The van der Waals surface area contributed by atoms with E-state index in [-0.39, 0.29) is 0 Å². The predicted molar refractivity (Wildman–Crippen MR) is 80.2 cm³/mol. The zero-order valence-corrected chi connectivity index (χ0v) is 12.8. The third-order valence-electron chi connectivity index (χ3n) is 4.69. The van der Waals surface area contributed by atoms with E-state index in [1.807, 2.05) is 0 Å². The number of hydrogen-bond donors (Lipinski definition) is 1. The van der Waals surface area contributed by atoms with Crippen LogP contribution < -0.4 is 5.32 Å². The summed E-state index contributed by atoms with van der Waals surface area (Å²) in [5.74, 6) is 3.58. The van der Waals surface area contributed by atoms with Crippen LogP contribution in [0.3, 0.4) is 0 Å². The summed E-state index contributed by atoms with van der Waals surface area (Å²) in [7, 11) is 0. The molecule has 0 amide bonds. The van der Waals surface area contributed by atoms with Crippen molar-refractivity contribution in [3.05, 3.63) is 0 Å². The molecule has 2 saturated heterocycles. The SMILES string of the molecule is CC1(C)CSCC(NCC2CCN(C3CC3)C2)C1. The monoisotopic (exact) mass is 268 g/mol. The zero-order chi connectivity index (χ0) is 12.6. The molecule has 1 N–H and O–H groups in total. The summed E-state index contributed by atoms with van der Waals surface area (Å²) >= 11 is 2.13. The fourth-order valence-electron chi connectivity index (χ4n) is 3.53. The second kappa shape index (κ2) is 5.34. The van der Waals surface area contributed by atoms with Gasteiger partial charge >= 0.3 is 0 Å². The highest BCUT2D eigenvalue weighted by Crippen LogP contribution is 2.34. The maximum atomic E-state index is 3.85. The van der Waals surface area contributed by atoms with Crippen LogP contribution in [0.2, 0.25) is 0 Å². The second-order valence-electron chi connectivity index (χ2n) is 7.37. The number of hydrogen-bond acceptors (Lipinski definition) is 3. The van der Waals surface area contributed by atoms with E-state index in [4.69, 9.17) is 0 Å². The largest absolute Gasteiger partial charge is 0.313 e. The molecule has 0 radical (unpaired) electrons. The van der Waals surface area contributed by atoms with Gasteiger partial charge in [0.2, 0.25) is 0 Å². The summed E-state index contributed by atoms with van der Waals surface area (Å²) in [6.45, 7) is 8.81. The number of thioether (sulfide) groups is 1. The minimum Gasteiger partial charge on any atom is -0.313 e. The van der Waals surface area contributed by atoms with Crippen LogP contribution in [-0.2, 0) is 0 Å². The number of likely N-dealkylation sites (tertiary alicyclic amines) is 1. The summed E-state index contributed by atoms with van der Waals surface area (Å²) in [5.41, 5.74) is 0.538. The summed E-state index contributed by atoms with van der Waals surface area (Å²) in [5, 5.41) is 3.85. The highest BCUT2D eigenvalue weighted by Gasteiger charge is 2.35. The summed E-state index contributed by atoms with van der Waals surface area (Å²) in [4.78, 5) is 2.73. The van der Waals surface area contributed by atoms with Crippen LogP contribution in [0, 0.1) is 11.3 Å². The van der Waals surface area contributed by atoms with Crippen molar-refractivity contribution in [1.29, 1.82) is 0 Å². The first kappa shape index (κ1) is 13.3. The lowest BCUT2D eigenvalue weighted by Gasteiger charge is -2.35. The van der Waals surface area contributed by atoms with Crippen molar-refractivity contribution in [1.82, 2.24) is 10.2 Å². The first-order valence-electron chi connectivity index (χ1n) is 7.68. The molecule has 1 aliphatic carbocycles. The first-order valence-corrected chi connectivity index (χ1v) is 8.83. The Morgan fingerprint density at radius 1 is 1.28 bits per heavy atom. The Balaban J connectivity index is 1.39. The van der Waals surface area contributed by atoms with Crippen molar-refractivity contribution in [3.8, 4) is 0 Å². The Morgan fingerprint density at radius 2 is 2.11 bits per heavy atom. The molecule has 2 nitrogen and oxygen atoms in total. The molecule has 0 spiro atoms. The highest BCUT2D eigenvalue weighted by molar-refractivity contribution is 7.99. The Labute approximate surface area is 116 Å². The van der Waals surface area contributed by atoms with Gasteiger partial charge in [0, 0.05) is 24.4 Å². The smallest absolute Gasteiger partial charge is 0.0163 e. The van der Waals surface area contributed by atoms with Crippen LogP contribution in [0.25, 0.3) is 0 Å². The fourth-order valence-corrected chi connectivity index (χ4v) is 4.84. The van der Waals surface area contributed by atoms with Gasteiger partial charge in [-0.3, -0.25) is 0 Å². The maximum Gasteiger partial charge on any atom is 0.0163 e. The van der Waals surface area contributed by atoms with E-state index in [1.165, 1.54) is 56.8 Å². The van der Waals surface area contributed by atoms with Gasteiger partial charge < -0.3 is 10.2 Å². The molecule has 0 aromatic carbocycles. The van der Waals surface area contributed by atoms with Crippen molar-refractivity contribution < 1.29 is 0 Å². The van der Waals surface area contributed by atoms with Crippen molar-refractivity contribution in [3.63, 3.8) is 0 Å². The predicted octanol–water partition coefficient (Wildman–Crippen LogP) is 2.59. The number of nitrogens with one attached hydrogen (secondary N) is 1. The van der Waals surface area contributed by atoms with Crippen molar-refractivity contribution in [2.75, 3.05) is 31.1 Å². The molecule has 2 heterocycles. The maximum absolute atomic E-state index is 3.85. The molecule has 1 saturated carbocycles. The molecule has 18 heavy (non-hydrogen) atoms. The molecule has 0 bridgehead atoms. The minimum atomic E-state index is 0.538. The third-order valence-corrected chi connectivity index (χ3v) is 6.31. The molecule has 2 atom stereocenters. The Bertz CT molecular complexity index is 288. The molecule has 2 aliphatic heterocycles. The minimum absolute atomic E-state index is 0.538. The lowest BCUT2D eigenvalue weighted by molar-refractivity contribution is 0.292. The average molecular weight is 268 g/mol. The number of nitrogens with zero attached hydrogens (tertiary/aromatic N) is 1. The van der Waals surface area contributed by atoms with Crippen LogP contribution >= 0.6 is 11.8 Å². The van der Waals surface area contributed by atoms with Crippen LogP contribution in [0.15, 0.2) is 0 Å². The van der Waals surface area contributed by atoms with Gasteiger partial charge in [-0.15, -0.1) is 0 Å². The summed E-state index contributed by atoms with van der Waals surface area (Å²) in [6, 6.07) is 1.73. The lowest BCUT2D eigenvalue weighted by Crippen LogP contribution is -2.42. The standard InChI is InChI=1S/C15H28N2S/c1-15(2)7-13(10-18-11-15)16-8-12-5-6-17(9-12)14-3-4-14/h12-14,16H,3-11H2,1-2H3. The van der Waals surface area contributed by atoms with E-state index in [0.29, 0.717) is 5.41 Å². The van der Waals surface area contributed by atoms with Gasteiger partial charge in [-0.25, -0.2) is 0 Å².